The highest BCUT2D eigenvalue weighted by atomic mass is 32.3. The van der Waals surface area contributed by atoms with Crippen LogP contribution in [-0.2, 0) is 30.6 Å². The molecule has 10 nitrogen and oxygen atoms in total. The van der Waals surface area contributed by atoms with Crippen LogP contribution >= 0.6 is 0 Å². The van der Waals surface area contributed by atoms with Crippen molar-refractivity contribution in [1.29, 1.82) is 0 Å². The summed E-state index contributed by atoms with van der Waals surface area (Å²) < 4.78 is 58.9. The molecule has 1 saturated heterocycles. The van der Waals surface area contributed by atoms with Gasteiger partial charge in [-0.1, -0.05) is 0 Å². The van der Waals surface area contributed by atoms with E-state index < -0.39 is 52.8 Å². The van der Waals surface area contributed by atoms with E-state index in [0.717, 1.165) is 0 Å². The van der Waals surface area contributed by atoms with Gasteiger partial charge in [0.05, 0.1) is 24.9 Å². The Hall–Kier alpha value is -0.180. The lowest BCUT2D eigenvalue weighted by molar-refractivity contribution is -0.209. The summed E-state index contributed by atoms with van der Waals surface area (Å²) in [6.45, 7) is -0.595. The lowest BCUT2D eigenvalue weighted by Crippen LogP contribution is -2.56. The Morgan fingerprint density at radius 2 is 2.06 bits per heavy atom. The van der Waals surface area contributed by atoms with Gasteiger partial charge in [0.1, 0.15) is 0 Å². The zero-order valence-electron chi connectivity index (χ0n) is 8.87. The van der Waals surface area contributed by atoms with E-state index >= 15 is 0 Å². The first kappa shape index (κ1) is 15.9. The van der Waals surface area contributed by atoms with Crippen LogP contribution in [0.3, 0.4) is 0 Å². The van der Waals surface area contributed by atoms with Gasteiger partial charge in [0.2, 0.25) is 11.3 Å². The van der Waals surface area contributed by atoms with Crippen LogP contribution in [0.2, 0.25) is 0 Å². The first-order chi connectivity index (χ1) is 8.19. The molecular formula is C6H13NO9S2. The SMILES string of the molecule is O=S(O)NC1C(O)OC(COS(=O)(=O)O)C[C@H]1O. The topological polar surface area (TPSA) is 163 Å². The molecule has 0 radical (unpaired) electrons. The Labute approximate surface area is 105 Å². The molecule has 1 fully saturated rings. The first-order valence-corrected chi connectivity index (χ1v) is 7.16. The normalized spacial score (nSPS) is 35.3. The number of hydrogen-bond acceptors (Lipinski definition) is 7. The maximum atomic E-state index is 10.5. The Morgan fingerprint density at radius 1 is 1.44 bits per heavy atom. The Morgan fingerprint density at radius 3 is 2.50 bits per heavy atom. The van der Waals surface area contributed by atoms with Crippen LogP contribution in [0.4, 0.5) is 0 Å². The molecule has 0 aliphatic carbocycles. The van der Waals surface area contributed by atoms with Crippen molar-refractivity contribution in [2.45, 2.75) is 31.0 Å². The molecule has 5 atom stereocenters. The molecule has 0 aromatic rings. The molecule has 0 saturated carbocycles. The van der Waals surface area contributed by atoms with Crippen molar-refractivity contribution in [1.82, 2.24) is 4.72 Å². The highest BCUT2D eigenvalue weighted by Gasteiger charge is 2.38. The van der Waals surface area contributed by atoms with Gasteiger partial charge in [0, 0.05) is 6.42 Å². The van der Waals surface area contributed by atoms with E-state index in [2.05, 4.69) is 4.18 Å². The summed E-state index contributed by atoms with van der Waals surface area (Å²) in [6, 6.07) is -1.20. The minimum atomic E-state index is -4.64. The van der Waals surface area contributed by atoms with Crippen molar-refractivity contribution < 1.29 is 40.9 Å². The van der Waals surface area contributed by atoms with Gasteiger partial charge in [-0.15, -0.1) is 0 Å². The van der Waals surface area contributed by atoms with Gasteiger partial charge in [0.15, 0.2) is 6.29 Å². The van der Waals surface area contributed by atoms with Crippen LogP contribution in [0.15, 0.2) is 0 Å². The average Bonchev–Trinajstić information content (AvgIpc) is 2.19. The summed E-state index contributed by atoms with van der Waals surface area (Å²) in [7, 11) is -4.64. The number of hydrogen-bond donors (Lipinski definition) is 5. The Bertz CT molecular complexity index is 386. The van der Waals surface area contributed by atoms with Crippen LogP contribution in [0.25, 0.3) is 0 Å². The summed E-state index contributed by atoms with van der Waals surface area (Å²) in [5.41, 5.74) is 0. The van der Waals surface area contributed by atoms with Crippen LogP contribution in [0.5, 0.6) is 0 Å². The molecule has 1 aliphatic heterocycles. The monoisotopic (exact) mass is 307 g/mol. The molecule has 5 N–H and O–H groups in total. The molecule has 4 unspecified atom stereocenters. The number of nitrogens with one attached hydrogen (secondary N) is 1. The van der Waals surface area contributed by atoms with Crippen LogP contribution in [0, 0.1) is 0 Å². The third kappa shape index (κ3) is 5.21. The molecule has 18 heavy (non-hydrogen) atoms. The van der Waals surface area contributed by atoms with Gasteiger partial charge in [-0.3, -0.25) is 9.11 Å². The van der Waals surface area contributed by atoms with Gasteiger partial charge in [0.25, 0.3) is 0 Å². The molecule has 1 heterocycles. The predicted molar refractivity (Wildman–Crippen MR) is 56.7 cm³/mol. The van der Waals surface area contributed by atoms with Crippen molar-refractivity contribution in [3.05, 3.63) is 0 Å². The standard InChI is InChI=1S/C6H13NO9S2/c8-4-1-3(2-15-18(12,13)14)16-6(9)5(4)7-17(10)11/h3-9H,1-2H2,(H,10,11)(H,12,13,14)/t3?,4-,5?,6?/m1/s1. The first-order valence-electron chi connectivity index (χ1n) is 4.69. The van der Waals surface area contributed by atoms with Gasteiger partial charge in [-0.05, 0) is 0 Å². The second-order valence-electron chi connectivity index (χ2n) is 3.56. The van der Waals surface area contributed by atoms with Gasteiger partial charge in [-0.2, -0.15) is 8.42 Å². The molecule has 1 rings (SSSR count). The quantitative estimate of drug-likeness (QED) is 0.270. The fourth-order valence-electron chi connectivity index (χ4n) is 1.47. The zero-order chi connectivity index (χ0) is 13.9. The highest BCUT2D eigenvalue weighted by Crippen LogP contribution is 2.19. The van der Waals surface area contributed by atoms with Crippen molar-refractivity contribution in [2.75, 3.05) is 6.61 Å². The van der Waals surface area contributed by atoms with Gasteiger partial charge < -0.3 is 14.9 Å². The third-order valence-corrected chi connectivity index (χ3v) is 3.11. The minimum Gasteiger partial charge on any atom is -0.391 e. The summed E-state index contributed by atoms with van der Waals surface area (Å²) in [5.74, 6) is 0. The molecule has 0 bridgehead atoms. The van der Waals surface area contributed by atoms with E-state index in [4.69, 9.17) is 13.8 Å². The molecule has 108 valence electrons. The largest absolute Gasteiger partial charge is 0.397 e. The third-order valence-electron chi connectivity index (χ3n) is 2.20. The van der Waals surface area contributed by atoms with Crippen LogP contribution < -0.4 is 4.72 Å². The number of aliphatic hydroxyl groups excluding tert-OH is 2. The molecule has 1 aliphatic rings. The highest BCUT2D eigenvalue weighted by molar-refractivity contribution is 7.80. The second-order valence-corrected chi connectivity index (χ2v) is 5.38. The molecular weight excluding hydrogens is 294 g/mol. The van der Waals surface area contributed by atoms with Gasteiger partial charge >= 0.3 is 10.4 Å². The van der Waals surface area contributed by atoms with E-state index in [1.54, 1.807) is 0 Å². The van der Waals surface area contributed by atoms with Crippen molar-refractivity contribution in [2.24, 2.45) is 0 Å². The predicted octanol–water partition coefficient (Wildman–Crippen LogP) is -2.63. The van der Waals surface area contributed by atoms with Crippen LogP contribution in [-0.4, -0.2) is 63.1 Å². The average molecular weight is 307 g/mol. The minimum absolute atomic E-state index is 0.151. The lowest BCUT2D eigenvalue weighted by Gasteiger charge is -2.36. The summed E-state index contributed by atoms with van der Waals surface area (Å²) in [6.07, 6.45) is -4.01. The fourth-order valence-corrected chi connectivity index (χ4v) is 2.30. The number of rotatable bonds is 5. The van der Waals surface area contributed by atoms with Crippen molar-refractivity contribution in [3.8, 4) is 0 Å². The molecule has 0 aromatic carbocycles. The Balaban J connectivity index is 2.53. The zero-order valence-corrected chi connectivity index (χ0v) is 10.5. The van der Waals surface area contributed by atoms with Crippen molar-refractivity contribution >= 4 is 21.7 Å². The number of ether oxygens (including phenoxy) is 1. The van der Waals surface area contributed by atoms with E-state index in [1.165, 1.54) is 0 Å². The number of aliphatic hydroxyl groups is 2. The molecule has 12 heteroatoms. The van der Waals surface area contributed by atoms with Gasteiger partial charge in [-0.25, -0.2) is 13.1 Å². The summed E-state index contributed by atoms with van der Waals surface area (Å²) in [5, 5.41) is 19.0. The maximum absolute atomic E-state index is 10.5. The smallest absolute Gasteiger partial charge is 0.391 e. The van der Waals surface area contributed by atoms with E-state index in [-0.39, 0.29) is 6.42 Å². The second kappa shape index (κ2) is 6.31. The lowest BCUT2D eigenvalue weighted by atomic mass is 10.0. The summed E-state index contributed by atoms with van der Waals surface area (Å²) in [4.78, 5) is 0. The maximum Gasteiger partial charge on any atom is 0.397 e. The molecule has 0 aromatic heterocycles. The molecule has 0 spiro atoms. The summed E-state index contributed by atoms with van der Waals surface area (Å²) >= 11 is -2.45. The fraction of sp³-hybridized carbons (Fsp3) is 1.00. The molecule has 0 amide bonds. The van der Waals surface area contributed by atoms with E-state index in [0.29, 0.717) is 0 Å². The van der Waals surface area contributed by atoms with Crippen LogP contribution in [0.1, 0.15) is 6.42 Å². The Kier molecular flexibility index (Phi) is 5.57. The van der Waals surface area contributed by atoms with E-state index in [1.807, 2.05) is 4.72 Å². The van der Waals surface area contributed by atoms with E-state index in [9.17, 15) is 22.8 Å². The van der Waals surface area contributed by atoms with Crippen molar-refractivity contribution in [3.63, 3.8) is 0 Å².